The summed E-state index contributed by atoms with van der Waals surface area (Å²) in [5.74, 6) is 0. The summed E-state index contributed by atoms with van der Waals surface area (Å²) in [6.07, 6.45) is 6.68. The molecule has 3 nitrogen and oxygen atoms in total. The number of hydrogen-bond donors (Lipinski definition) is 1. The SMILES string of the molecule is COC1CCN(CC2(C)CCCC2N)CC1. The highest BCUT2D eigenvalue weighted by Crippen LogP contribution is 2.37. The fourth-order valence-corrected chi connectivity index (χ4v) is 3.27. The van der Waals surface area contributed by atoms with E-state index in [1.807, 2.05) is 7.11 Å². The topological polar surface area (TPSA) is 38.5 Å². The lowest BCUT2D eigenvalue weighted by atomic mass is 9.84. The van der Waals surface area contributed by atoms with Crippen molar-refractivity contribution in [3.05, 3.63) is 0 Å². The van der Waals surface area contributed by atoms with Crippen molar-refractivity contribution >= 4 is 0 Å². The highest BCUT2D eigenvalue weighted by Gasteiger charge is 2.38. The van der Waals surface area contributed by atoms with Gasteiger partial charge in [0.15, 0.2) is 0 Å². The van der Waals surface area contributed by atoms with Crippen molar-refractivity contribution in [3.63, 3.8) is 0 Å². The molecule has 1 saturated heterocycles. The number of hydrogen-bond acceptors (Lipinski definition) is 3. The highest BCUT2D eigenvalue weighted by molar-refractivity contribution is 4.94. The molecule has 94 valence electrons. The van der Waals surface area contributed by atoms with Gasteiger partial charge >= 0.3 is 0 Å². The fourth-order valence-electron chi connectivity index (χ4n) is 3.27. The van der Waals surface area contributed by atoms with Crippen LogP contribution in [0.2, 0.25) is 0 Å². The largest absolute Gasteiger partial charge is 0.381 e. The van der Waals surface area contributed by atoms with E-state index >= 15 is 0 Å². The molecular formula is C13H26N2O. The normalized spacial score (nSPS) is 38.1. The molecule has 2 rings (SSSR count). The second-order valence-electron chi connectivity index (χ2n) is 5.86. The van der Waals surface area contributed by atoms with E-state index in [4.69, 9.17) is 10.5 Å². The zero-order valence-electron chi connectivity index (χ0n) is 10.7. The molecule has 0 aromatic heterocycles. The Bertz CT molecular complexity index is 226. The van der Waals surface area contributed by atoms with Gasteiger partial charge in [-0.25, -0.2) is 0 Å². The molecule has 2 N–H and O–H groups in total. The van der Waals surface area contributed by atoms with Crippen LogP contribution in [0.5, 0.6) is 0 Å². The molecular weight excluding hydrogens is 200 g/mol. The average Bonchev–Trinajstić information content (AvgIpc) is 2.60. The summed E-state index contributed by atoms with van der Waals surface area (Å²) in [7, 11) is 1.83. The first-order valence-electron chi connectivity index (χ1n) is 6.65. The first-order valence-corrected chi connectivity index (χ1v) is 6.65. The molecule has 1 heterocycles. The van der Waals surface area contributed by atoms with Gasteiger partial charge in [0.1, 0.15) is 0 Å². The lowest BCUT2D eigenvalue weighted by Gasteiger charge is -2.39. The summed E-state index contributed by atoms with van der Waals surface area (Å²) in [6, 6.07) is 0.410. The van der Waals surface area contributed by atoms with Crippen LogP contribution in [0, 0.1) is 5.41 Å². The van der Waals surface area contributed by atoms with Gasteiger partial charge in [0, 0.05) is 32.8 Å². The standard InChI is InChI=1S/C13H26N2O/c1-13(7-3-4-12(13)14)10-15-8-5-11(16-2)6-9-15/h11-12H,3-10,14H2,1-2H3. The fraction of sp³-hybridized carbons (Fsp3) is 1.00. The molecule has 0 amide bonds. The van der Waals surface area contributed by atoms with Crippen molar-refractivity contribution < 1.29 is 4.74 Å². The summed E-state index contributed by atoms with van der Waals surface area (Å²) in [5, 5.41) is 0. The van der Waals surface area contributed by atoms with Crippen molar-refractivity contribution in [1.29, 1.82) is 0 Å². The number of rotatable bonds is 3. The molecule has 3 heteroatoms. The minimum Gasteiger partial charge on any atom is -0.381 e. The number of likely N-dealkylation sites (tertiary alicyclic amines) is 1. The van der Waals surface area contributed by atoms with Gasteiger partial charge in [-0.15, -0.1) is 0 Å². The summed E-state index contributed by atoms with van der Waals surface area (Å²) in [5.41, 5.74) is 6.59. The van der Waals surface area contributed by atoms with E-state index in [-0.39, 0.29) is 0 Å². The van der Waals surface area contributed by atoms with E-state index in [0.29, 0.717) is 17.6 Å². The third kappa shape index (κ3) is 2.58. The Hall–Kier alpha value is -0.120. The van der Waals surface area contributed by atoms with Crippen LogP contribution in [0.3, 0.4) is 0 Å². The molecule has 2 fully saturated rings. The average molecular weight is 226 g/mol. The molecule has 1 aliphatic heterocycles. The number of ether oxygens (including phenoxy) is 1. The molecule has 2 atom stereocenters. The van der Waals surface area contributed by atoms with E-state index in [1.165, 1.54) is 51.7 Å². The van der Waals surface area contributed by atoms with Gasteiger partial charge in [0.05, 0.1) is 6.10 Å². The Labute approximate surface area is 99.3 Å². The lowest BCUT2D eigenvalue weighted by molar-refractivity contribution is 0.0269. The van der Waals surface area contributed by atoms with Gasteiger partial charge in [-0.1, -0.05) is 13.3 Å². The molecule has 2 unspecified atom stereocenters. The number of nitrogens with zero attached hydrogens (tertiary/aromatic N) is 1. The molecule has 0 aromatic carbocycles. The Balaban J connectivity index is 1.82. The summed E-state index contributed by atoms with van der Waals surface area (Å²) in [6.45, 7) is 5.92. The van der Waals surface area contributed by atoms with Crippen molar-refractivity contribution in [2.75, 3.05) is 26.7 Å². The van der Waals surface area contributed by atoms with E-state index in [0.717, 1.165) is 0 Å². The molecule has 16 heavy (non-hydrogen) atoms. The maximum atomic E-state index is 6.23. The third-order valence-corrected chi connectivity index (χ3v) is 4.61. The quantitative estimate of drug-likeness (QED) is 0.794. The van der Waals surface area contributed by atoms with Crippen LogP contribution in [0.1, 0.15) is 39.0 Å². The first kappa shape index (κ1) is 12.3. The minimum atomic E-state index is 0.361. The molecule has 0 bridgehead atoms. The van der Waals surface area contributed by atoms with Gasteiger partial charge in [0.25, 0.3) is 0 Å². The molecule has 0 aromatic rings. The van der Waals surface area contributed by atoms with E-state index < -0.39 is 0 Å². The monoisotopic (exact) mass is 226 g/mol. The zero-order valence-corrected chi connectivity index (χ0v) is 10.7. The third-order valence-electron chi connectivity index (χ3n) is 4.61. The maximum absolute atomic E-state index is 6.23. The van der Waals surface area contributed by atoms with E-state index in [2.05, 4.69) is 11.8 Å². The van der Waals surface area contributed by atoms with Gasteiger partial charge in [0.2, 0.25) is 0 Å². The van der Waals surface area contributed by atoms with E-state index in [1.54, 1.807) is 0 Å². The van der Waals surface area contributed by atoms with Crippen LogP contribution in [-0.2, 0) is 4.74 Å². The minimum absolute atomic E-state index is 0.361. The van der Waals surface area contributed by atoms with Gasteiger partial charge < -0.3 is 15.4 Å². The summed E-state index contributed by atoms with van der Waals surface area (Å²) < 4.78 is 5.40. The maximum Gasteiger partial charge on any atom is 0.0595 e. The smallest absolute Gasteiger partial charge is 0.0595 e. The number of methoxy groups -OCH3 is 1. The molecule has 0 radical (unpaired) electrons. The summed E-state index contributed by atoms with van der Waals surface area (Å²) in [4.78, 5) is 2.58. The van der Waals surface area contributed by atoms with Crippen LogP contribution < -0.4 is 5.73 Å². The zero-order chi connectivity index (χ0) is 11.6. The second-order valence-corrected chi connectivity index (χ2v) is 5.86. The van der Waals surface area contributed by atoms with Gasteiger partial charge in [-0.2, -0.15) is 0 Å². The van der Waals surface area contributed by atoms with Gasteiger partial charge in [-0.05, 0) is 31.1 Å². The van der Waals surface area contributed by atoms with Crippen LogP contribution in [0.15, 0.2) is 0 Å². The Morgan fingerprint density at radius 2 is 2.00 bits per heavy atom. The lowest BCUT2D eigenvalue weighted by Crippen LogP contribution is -2.47. The van der Waals surface area contributed by atoms with Crippen LogP contribution in [-0.4, -0.2) is 43.8 Å². The molecule has 1 aliphatic carbocycles. The Morgan fingerprint density at radius 1 is 1.31 bits per heavy atom. The predicted octanol–water partition coefficient (Wildman–Crippen LogP) is 1.61. The van der Waals surface area contributed by atoms with Gasteiger partial charge in [-0.3, -0.25) is 0 Å². The Kier molecular flexibility index (Phi) is 3.88. The second kappa shape index (κ2) is 5.03. The van der Waals surface area contributed by atoms with E-state index in [9.17, 15) is 0 Å². The summed E-state index contributed by atoms with van der Waals surface area (Å²) >= 11 is 0. The first-order chi connectivity index (χ1) is 7.64. The number of piperidine rings is 1. The van der Waals surface area contributed by atoms with Crippen molar-refractivity contribution in [3.8, 4) is 0 Å². The van der Waals surface area contributed by atoms with Crippen molar-refractivity contribution in [2.24, 2.45) is 11.1 Å². The molecule has 2 aliphatic rings. The molecule has 1 saturated carbocycles. The molecule has 0 spiro atoms. The van der Waals surface area contributed by atoms with Crippen molar-refractivity contribution in [1.82, 2.24) is 4.90 Å². The predicted molar refractivity (Wildman–Crippen MR) is 66.4 cm³/mol. The highest BCUT2D eigenvalue weighted by atomic mass is 16.5. The number of nitrogens with two attached hydrogens (primary N) is 1. The van der Waals surface area contributed by atoms with Crippen LogP contribution in [0.25, 0.3) is 0 Å². The van der Waals surface area contributed by atoms with Crippen molar-refractivity contribution in [2.45, 2.75) is 51.2 Å². The Morgan fingerprint density at radius 3 is 2.50 bits per heavy atom. The van der Waals surface area contributed by atoms with Crippen LogP contribution >= 0.6 is 0 Å². The van der Waals surface area contributed by atoms with Crippen LogP contribution in [0.4, 0.5) is 0 Å².